The van der Waals surface area contributed by atoms with Crippen molar-refractivity contribution in [3.05, 3.63) is 28.2 Å². The van der Waals surface area contributed by atoms with E-state index in [9.17, 15) is 9.90 Å². The summed E-state index contributed by atoms with van der Waals surface area (Å²) in [7, 11) is 0. The van der Waals surface area contributed by atoms with Crippen molar-refractivity contribution >= 4 is 29.2 Å². The Hall–Kier alpha value is -0.930. The number of benzene rings is 1. The summed E-state index contributed by atoms with van der Waals surface area (Å²) in [6, 6.07) is 4.79. The van der Waals surface area contributed by atoms with Crippen molar-refractivity contribution in [3.8, 4) is 5.75 Å². The van der Waals surface area contributed by atoms with E-state index in [0.29, 0.717) is 28.1 Å². The molecule has 5 heteroatoms. The predicted molar refractivity (Wildman–Crippen MR) is 75.1 cm³/mol. The zero-order valence-corrected chi connectivity index (χ0v) is 12.0. The van der Waals surface area contributed by atoms with Gasteiger partial charge in [0, 0.05) is 6.07 Å². The third kappa shape index (κ3) is 4.02. The standard InChI is InChI=1S/C14H16Cl2O3/c15-11-6-5-10(8-12(11)16)19-13(14(17)18)7-9-3-1-2-4-9/h5-6,8-9,13H,1-4,7H2,(H,17,18)/t13-/m1/s1. The minimum absolute atomic E-state index is 0.365. The lowest BCUT2D eigenvalue weighted by atomic mass is 10.00. The second-order valence-corrected chi connectivity index (χ2v) is 5.72. The summed E-state index contributed by atoms with van der Waals surface area (Å²) in [5, 5.41) is 10.0. The fraction of sp³-hybridized carbons (Fsp3) is 0.500. The first kappa shape index (κ1) is 14.5. The van der Waals surface area contributed by atoms with Crippen molar-refractivity contribution in [3.63, 3.8) is 0 Å². The molecule has 1 aromatic carbocycles. The Labute approximate surface area is 122 Å². The number of carboxylic acids is 1. The summed E-state index contributed by atoms with van der Waals surface area (Å²) in [4.78, 5) is 11.3. The average Bonchev–Trinajstić information content (AvgIpc) is 2.86. The molecule has 1 atom stereocenters. The Morgan fingerprint density at radius 3 is 2.58 bits per heavy atom. The van der Waals surface area contributed by atoms with Gasteiger partial charge in [0.2, 0.25) is 0 Å². The summed E-state index contributed by atoms with van der Waals surface area (Å²) in [6.07, 6.45) is 4.28. The molecule has 0 aliphatic heterocycles. The first-order valence-electron chi connectivity index (χ1n) is 6.41. The van der Waals surface area contributed by atoms with E-state index in [4.69, 9.17) is 27.9 Å². The molecule has 1 aliphatic carbocycles. The number of ether oxygens (including phenoxy) is 1. The SMILES string of the molecule is O=C(O)[C@@H](CC1CCCC1)Oc1ccc(Cl)c(Cl)c1. The maximum Gasteiger partial charge on any atom is 0.344 e. The summed E-state index contributed by atoms with van der Waals surface area (Å²) in [5.74, 6) is -0.0401. The normalized spacial score (nSPS) is 17.4. The quantitative estimate of drug-likeness (QED) is 0.876. The Morgan fingerprint density at radius 1 is 1.32 bits per heavy atom. The smallest absolute Gasteiger partial charge is 0.344 e. The van der Waals surface area contributed by atoms with E-state index in [0.717, 1.165) is 12.8 Å². The van der Waals surface area contributed by atoms with Crippen LogP contribution in [0.2, 0.25) is 10.0 Å². The van der Waals surface area contributed by atoms with Crippen LogP contribution in [0.5, 0.6) is 5.75 Å². The maximum absolute atomic E-state index is 11.3. The molecule has 1 N–H and O–H groups in total. The van der Waals surface area contributed by atoms with E-state index >= 15 is 0 Å². The van der Waals surface area contributed by atoms with Crippen LogP contribution >= 0.6 is 23.2 Å². The topological polar surface area (TPSA) is 46.5 Å². The molecule has 1 fully saturated rings. The second-order valence-electron chi connectivity index (χ2n) is 4.91. The van der Waals surface area contributed by atoms with E-state index < -0.39 is 12.1 Å². The van der Waals surface area contributed by atoms with Crippen molar-refractivity contribution in [2.45, 2.75) is 38.2 Å². The van der Waals surface area contributed by atoms with Crippen molar-refractivity contribution in [2.75, 3.05) is 0 Å². The third-order valence-electron chi connectivity index (χ3n) is 3.47. The van der Waals surface area contributed by atoms with Crippen molar-refractivity contribution in [1.29, 1.82) is 0 Å². The van der Waals surface area contributed by atoms with Crippen LogP contribution in [0.15, 0.2) is 18.2 Å². The monoisotopic (exact) mass is 302 g/mol. The Balaban J connectivity index is 2.02. The summed E-state index contributed by atoms with van der Waals surface area (Å²) < 4.78 is 5.53. The van der Waals surface area contributed by atoms with Gasteiger partial charge in [0.15, 0.2) is 6.10 Å². The number of aliphatic carboxylic acids is 1. The van der Waals surface area contributed by atoms with Gasteiger partial charge < -0.3 is 9.84 Å². The second kappa shape index (κ2) is 6.49. The Bertz CT molecular complexity index is 456. The van der Waals surface area contributed by atoms with Gasteiger partial charge in [-0.1, -0.05) is 48.9 Å². The van der Waals surface area contributed by atoms with Gasteiger partial charge in [0.25, 0.3) is 0 Å². The number of rotatable bonds is 5. The van der Waals surface area contributed by atoms with Gasteiger partial charge in [0.1, 0.15) is 5.75 Å². The average molecular weight is 303 g/mol. The summed E-state index contributed by atoms with van der Waals surface area (Å²) >= 11 is 11.7. The molecule has 2 rings (SSSR count). The molecule has 0 unspecified atom stereocenters. The Morgan fingerprint density at radius 2 is 2.00 bits per heavy atom. The van der Waals surface area contributed by atoms with Crippen LogP contribution in [-0.4, -0.2) is 17.2 Å². The van der Waals surface area contributed by atoms with Gasteiger partial charge in [-0.05, 0) is 24.5 Å². The number of hydrogen-bond acceptors (Lipinski definition) is 2. The number of hydrogen-bond donors (Lipinski definition) is 1. The molecule has 1 saturated carbocycles. The first-order chi connectivity index (χ1) is 9.06. The van der Waals surface area contributed by atoms with Crippen LogP contribution in [0.4, 0.5) is 0 Å². The van der Waals surface area contributed by atoms with E-state index in [2.05, 4.69) is 0 Å². The first-order valence-corrected chi connectivity index (χ1v) is 7.16. The van der Waals surface area contributed by atoms with E-state index in [-0.39, 0.29) is 0 Å². The predicted octanol–water partition coefficient (Wildman–Crippen LogP) is 4.41. The Kier molecular flexibility index (Phi) is 4.94. The van der Waals surface area contributed by atoms with Crippen LogP contribution in [0.25, 0.3) is 0 Å². The van der Waals surface area contributed by atoms with Gasteiger partial charge >= 0.3 is 5.97 Å². The highest BCUT2D eigenvalue weighted by atomic mass is 35.5. The summed E-state index contributed by atoms with van der Waals surface area (Å²) in [5.41, 5.74) is 0. The van der Waals surface area contributed by atoms with Gasteiger partial charge in [-0.3, -0.25) is 0 Å². The number of carboxylic acid groups (broad SMARTS) is 1. The number of carbonyl (C=O) groups is 1. The molecule has 0 radical (unpaired) electrons. The molecule has 1 aliphatic rings. The van der Waals surface area contributed by atoms with Gasteiger partial charge in [0.05, 0.1) is 10.0 Å². The fourth-order valence-electron chi connectivity index (χ4n) is 2.46. The molecule has 0 spiro atoms. The molecule has 104 valence electrons. The highest BCUT2D eigenvalue weighted by Crippen LogP contribution is 2.31. The molecule has 0 amide bonds. The van der Waals surface area contributed by atoms with Crippen LogP contribution in [0.1, 0.15) is 32.1 Å². The number of halogens is 2. The third-order valence-corrected chi connectivity index (χ3v) is 4.21. The molecular formula is C14H16Cl2O3. The van der Waals surface area contributed by atoms with Gasteiger partial charge in [-0.25, -0.2) is 4.79 Å². The summed E-state index contributed by atoms with van der Waals surface area (Å²) in [6.45, 7) is 0. The zero-order chi connectivity index (χ0) is 13.8. The van der Waals surface area contributed by atoms with Crippen LogP contribution < -0.4 is 4.74 Å². The van der Waals surface area contributed by atoms with Crippen LogP contribution in [-0.2, 0) is 4.79 Å². The molecular weight excluding hydrogens is 287 g/mol. The van der Waals surface area contributed by atoms with E-state index in [1.165, 1.54) is 12.8 Å². The fourth-order valence-corrected chi connectivity index (χ4v) is 2.75. The maximum atomic E-state index is 11.3. The largest absolute Gasteiger partial charge is 0.479 e. The molecule has 0 heterocycles. The molecule has 0 saturated heterocycles. The lowest BCUT2D eigenvalue weighted by Gasteiger charge is -2.18. The van der Waals surface area contributed by atoms with Crippen molar-refractivity contribution in [2.24, 2.45) is 5.92 Å². The van der Waals surface area contributed by atoms with Gasteiger partial charge in [-0.2, -0.15) is 0 Å². The molecule has 1 aromatic rings. The van der Waals surface area contributed by atoms with Crippen LogP contribution in [0.3, 0.4) is 0 Å². The molecule has 0 aromatic heterocycles. The van der Waals surface area contributed by atoms with Gasteiger partial charge in [-0.15, -0.1) is 0 Å². The lowest BCUT2D eigenvalue weighted by molar-refractivity contribution is -0.145. The van der Waals surface area contributed by atoms with E-state index in [1.807, 2.05) is 0 Å². The highest BCUT2D eigenvalue weighted by molar-refractivity contribution is 6.42. The van der Waals surface area contributed by atoms with Crippen molar-refractivity contribution < 1.29 is 14.6 Å². The molecule has 19 heavy (non-hydrogen) atoms. The lowest BCUT2D eigenvalue weighted by Crippen LogP contribution is -2.29. The zero-order valence-electron chi connectivity index (χ0n) is 10.4. The van der Waals surface area contributed by atoms with Crippen molar-refractivity contribution in [1.82, 2.24) is 0 Å². The minimum atomic E-state index is -0.932. The highest BCUT2D eigenvalue weighted by Gasteiger charge is 2.26. The minimum Gasteiger partial charge on any atom is -0.479 e. The van der Waals surface area contributed by atoms with Crippen LogP contribution in [0, 0.1) is 5.92 Å². The molecule has 3 nitrogen and oxygen atoms in total. The molecule has 0 bridgehead atoms. The van der Waals surface area contributed by atoms with E-state index in [1.54, 1.807) is 18.2 Å².